The van der Waals surface area contributed by atoms with E-state index >= 15 is 0 Å². The van der Waals surface area contributed by atoms with Crippen LogP contribution in [0.15, 0.2) is 36.4 Å². The summed E-state index contributed by atoms with van der Waals surface area (Å²) in [6.07, 6.45) is 0.218. The monoisotopic (exact) mass is 371 g/mol. The van der Waals surface area contributed by atoms with Gasteiger partial charge in [0.2, 0.25) is 0 Å². The molecule has 0 aliphatic heterocycles. The third-order valence-electron chi connectivity index (χ3n) is 4.50. The number of carboxylic acid groups (broad SMARTS) is 1. The number of benzene rings is 2. The Kier molecular flexibility index (Phi) is 6.58. The number of phenols is 1. The van der Waals surface area contributed by atoms with Crippen LogP contribution in [-0.4, -0.2) is 40.3 Å². The maximum atomic E-state index is 12.3. The zero-order valence-corrected chi connectivity index (χ0v) is 16.0. The summed E-state index contributed by atoms with van der Waals surface area (Å²) in [4.78, 5) is 29.2. The molecule has 2 aromatic rings. The lowest BCUT2D eigenvalue weighted by molar-refractivity contribution is -0.198. The maximum absolute atomic E-state index is 12.3. The van der Waals surface area contributed by atoms with E-state index in [2.05, 4.69) is 0 Å². The summed E-state index contributed by atoms with van der Waals surface area (Å²) in [5.74, 6) is -1.50. The van der Waals surface area contributed by atoms with Crippen LogP contribution in [0.2, 0.25) is 0 Å². The SMILES string of the molecule is Cc1cc(C)c(CC(=O)ON(C)[C@@H](Cc2ccc(O)cc2)C(=O)O)c(C)c1. The molecule has 2 rings (SSSR count). The van der Waals surface area contributed by atoms with Gasteiger partial charge in [-0.1, -0.05) is 29.8 Å². The van der Waals surface area contributed by atoms with Crippen molar-refractivity contribution in [1.82, 2.24) is 5.06 Å². The Balaban J connectivity index is 2.06. The van der Waals surface area contributed by atoms with Gasteiger partial charge in [-0.15, -0.1) is 5.06 Å². The van der Waals surface area contributed by atoms with E-state index in [9.17, 15) is 19.8 Å². The highest BCUT2D eigenvalue weighted by molar-refractivity contribution is 5.76. The van der Waals surface area contributed by atoms with Crippen molar-refractivity contribution in [3.63, 3.8) is 0 Å². The lowest BCUT2D eigenvalue weighted by atomic mass is 9.97. The molecular weight excluding hydrogens is 346 g/mol. The van der Waals surface area contributed by atoms with Crippen LogP contribution in [0.25, 0.3) is 0 Å². The lowest BCUT2D eigenvalue weighted by Gasteiger charge is -2.23. The molecule has 0 unspecified atom stereocenters. The van der Waals surface area contributed by atoms with Crippen LogP contribution < -0.4 is 0 Å². The number of phenolic OH excluding ortho intramolecular Hbond substituents is 1. The highest BCUT2D eigenvalue weighted by Crippen LogP contribution is 2.18. The largest absolute Gasteiger partial charge is 0.508 e. The molecule has 6 heteroatoms. The van der Waals surface area contributed by atoms with Gasteiger partial charge >= 0.3 is 11.9 Å². The molecule has 2 N–H and O–H groups in total. The minimum absolute atomic E-state index is 0.0772. The Morgan fingerprint density at radius 2 is 1.63 bits per heavy atom. The molecule has 0 saturated carbocycles. The van der Waals surface area contributed by atoms with Crippen molar-refractivity contribution in [2.24, 2.45) is 0 Å². The number of hydroxylamine groups is 2. The standard InChI is InChI=1S/C21H25NO5/c1-13-9-14(2)18(15(3)10-13)12-20(24)27-22(4)19(21(25)26)11-16-5-7-17(23)8-6-16/h5-10,19,23H,11-12H2,1-4H3,(H,25,26)/t19-/m0/s1. The van der Waals surface area contributed by atoms with Crippen molar-refractivity contribution in [2.45, 2.75) is 39.7 Å². The molecule has 1 atom stereocenters. The van der Waals surface area contributed by atoms with E-state index in [-0.39, 0.29) is 18.6 Å². The van der Waals surface area contributed by atoms with E-state index in [0.717, 1.165) is 27.3 Å². The van der Waals surface area contributed by atoms with Crippen molar-refractivity contribution in [1.29, 1.82) is 0 Å². The predicted molar refractivity (Wildman–Crippen MR) is 101 cm³/mol. The summed E-state index contributed by atoms with van der Waals surface area (Å²) >= 11 is 0. The van der Waals surface area contributed by atoms with E-state index in [1.54, 1.807) is 12.1 Å². The zero-order chi connectivity index (χ0) is 20.1. The van der Waals surface area contributed by atoms with Crippen LogP contribution in [0, 0.1) is 20.8 Å². The molecule has 0 radical (unpaired) electrons. The van der Waals surface area contributed by atoms with Crippen molar-refractivity contribution in [3.8, 4) is 5.75 Å². The summed E-state index contributed by atoms with van der Waals surface area (Å²) in [5.41, 5.74) is 4.74. The molecule has 0 heterocycles. The Morgan fingerprint density at radius 3 is 2.15 bits per heavy atom. The van der Waals surface area contributed by atoms with Crippen molar-refractivity contribution >= 4 is 11.9 Å². The number of hydrogen-bond donors (Lipinski definition) is 2. The van der Waals surface area contributed by atoms with Gasteiger partial charge in [-0.25, -0.2) is 4.79 Å². The highest BCUT2D eigenvalue weighted by Gasteiger charge is 2.26. The fourth-order valence-electron chi connectivity index (χ4n) is 3.12. The molecule has 0 aromatic heterocycles. The number of hydrogen-bond acceptors (Lipinski definition) is 5. The van der Waals surface area contributed by atoms with Crippen molar-refractivity contribution in [3.05, 3.63) is 64.2 Å². The second kappa shape index (κ2) is 8.68. The smallest absolute Gasteiger partial charge is 0.329 e. The zero-order valence-electron chi connectivity index (χ0n) is 16.0. The lowest BCUT2D eigenvalue weighted by Crippen LogP contribution is -2.41. The van der Waals surface area contributed by atoms with Gasteiger partial charge in [0, 0.05) is 13.5 Å². The molecule has 0 aliphatic rings. The Morgan fingerprint density at radius 1 is 1.07 bits per heavy atom. The predicted octanol–water partition coefficient (Wildman–Crippen LogP) is 2.95. The van der Waals surface area contributed by atoms with Gasteiger partial charge in [0.05, 0.1) is 6.42 Å². The van der Waals surface area contributed by atoms with Gasteiger partial charge < -0.3 is 15.1 Å². The second-order valence-corrected chi connectivity index (χ2v) is 6.79. The minimum Gasteiger partial charge on any atom is -0.508 e. The van der Waals surface area contributed by atoms with Crippen molar-refractivity contribution < 1.29 is 24.6 Å². The fourth-order valence-corrected chi connectivity index (χ4v) is 3.12. The number of carbonyl (C=O) groups excluding carboxylic acids is 1. The number of carbonyl (C=O) groups is 2. The summed E-state index contributed by atoms with van der Waals surface area (Å²) in [6, 6.07) is 9.24. The van der Waals surface area contributed by atoms with Crippen LogP contribution in [-0.2, 0) is 27.3 Å². The quantitative estimate of drug-likeness (QED) is 0.728. The fraction of sp³-hybridized carbons (Fsp3) is 0.333. The van der Waals surface area contributed by atoms with E-state index in [1.165, 1.54) is 19.2 Å². The van der Waals surface area contributed by atoms with Crippen LogP contribution >= 0.6 is 0 Å². The third kappa shape index (κ3) is 5.56. The molecule has 27 heavy (non-hydrogen) atoms. The maximum Gasteiger partial charge on any atom is 0.329 e. The normalized spacial score (nSPS) is 12.0. The van der Waals surface area contributed by atoms with Crippen LogP contribution in [0.3, 0.4) is 0 Å². The number of aliphatic carboxylic acids is 1. The van der Waals surface area contributed by atoms with E-state index < -0.39 is 18.0 Å². The molecule has 0 aliphatic carbocycles. The average Bonchev–Trinajstić information content (AvgIpc) is 2.57. The molecule has 2 aromatic carbocycles. The number of carboxylic acids is 1. The molecule has 0 fully saturated rings. The molecular formula is C21H25NO5. The van der Waals surface area contributed by atoms with E-state index in [0.29, 0.717) is 5.56 Å². The second-order valence-electron chi connectivity index (χ2n) is 6.79. The average molecular weight is 371 g/mol. The first-order valence-electron chi connectivity index (χ1n) is 8.68. The van der Waals surface area contributed by atoms with Gasteiger partial charge in [-0.2, -0.15) is 0 Å². The van der Waals surface area contributed by atoms with E-state index in [4.69, 9.17) is 4.84 Å². The van der Waals surface area contributed by atoms with Gasteiger partial charge in [0.1, 0.15) is 11.8 Å². The summed E-state index contributed by atoms with van der Waals surface area (Å²) in [5, 5.41) is 19.9. The number of nitrogens with zero attached hydrogens (tertiary/aromatic N) is 1. The first-order chi connectivity index (χ1) is 12.7. The van der Waals surface area contributed by atoms with E-state index in [1.807, 2.05) is 32.9 Å². The Bertz CT molecular complexity index is 806. The summed E-state index contributed by atoms with van der Waals surface area (Å²) < 4.78 is 0. The molecule has 0 saturated heterocycles. The Hall–Kier alpha value is -2.86. The van der Waals surface area contributed by atoms with Crippen LogP contribution in [0.4, 0.5) is 0 Å². The molecule has 0 spiro atoms. The Labute approximate surface area is 159 Å². The molecule has 0 bridgehead atoms. The molecule has 144 valence electrons. The first-order valence-corrected chi connectivity index (χ1v) is 8.68. The minimum atomic E-state index is -1.10. The number of rotatable bonds is 7. The summed E-state index contributed by atoms with van der Waals surface area (Å²) in [7, 11) is 1.44. The van der Waals surface area contributed by atoms with Gasteiger partial charge in [-0.05, 0) is 55.2 Å². The van der Waals surface area contributed by atoms with Crippen molar-refractivity contribution in [2.75, 3.05) is 7.05 Å². The summed E-state index contributed by atoms with van der Waals surface area (Å²) in [6.45, 7) is 5.88. The topological polar surface area (TPSA) is 87.1 Å². The van der Waals surface area contributed by atoms with Crippen LogP contribution in [0.5, 0.6) is 5.75 Å². The number of likely N-dealkylation sites (N-methyl/N-ethyl adjacent to an activating group) is 1. The highest BCUT2D eigenvalue weighted by atomic mass is 16.7. The van der Waals surface area contributed by atoms with Gasteiger partial charge in [0.25, 0.3) is 0 Å². The molecule has 0 amide bonds. The van der Waals surface area contributed by atoms with Gasteiger partial charge in [0.15, 0.2) is 0 Å². The number of aromatic hydroxyl groups is 1. The van der Waals surface area contributed by atoms with Crippen LogP contribution in [0.1, 0.15) is 27.8 Å². The first kappa shape index (κ1) is 20.5. The van der Waals surface area contributed by atoms with Gasteiger partial charge in [-0.3, -0.25) is 4.79 Å². The third-order valence-corrected chi connectivity index (χ3v) is 4.50. The molecule has 6 nitrogen and oxygen atoms in total. The number of aryl methyl sites for hydroxylation is 3.